The number of quaternary nitrogens is 1. The summed E-state index contributed by atoms with van der Waals surface area (Å²) in [4.78, 5) is 0. The van der Waals surface area contributed by atoms with Crippen molar-refractivity contribution in [3.8, 4) is 0 Å². The molecule has 0 aromatic heterocycles. The molecule has 0 radical (unpaired) electrons. The third kappa shape index (κ3) is 5.00. The monoisotopic (exact) mass is 191 g/mol. The fourth-order valence-corrected chi connectivity index (χ4v) is 2.14. The molecule has 0 bridgehead atoms. The quantitative estimate of drug-likeness (QED) is 0.506. The van der Waals surface area contributed by atoms with E-state index in [2.05, 4.69) is 21.1 Å². The molecule has 1 saturated carbocycles. The molecule has 0 N–H and O–H groups in total. The van der Waals surface area contributed by atoms with Crippen LogP contribution in [-0.2, 0) is 0 Å². The molecule has 0 aliphatic heterocycles. The minimum Gasteiger partial charge on any atom is -1.00 e. The molecular weight excluding hydrogens is 170 g/mol. The standard InChI is InChI=1S/C10H22N.ClH/c1-11(2,3)9-10-7-5-4-6-8-10;/h10H,4-9H2,1-3H3;1H/q+1;/p-1. The van der Waals surface area contributed by atoms with Crippen molar-refractivity contribution in [1.82, 2.24) is 0 Å². The zero-order valence-electron chi connectivity index (χ0n) is 8.65. The van der Waals surface area contributed by atoms with Crippen molar-refractivity contribution >= 4 is 0 Å². The molecule has 0 aromatic carbocycles. The van der Waals surface area contributed by atoms with E-state index in [9.17, 15) is 0 Å². The molecule has 1 nitrogen and oxygen atoms in total. The van der Waals surface area contributed by atoms with Crippen LogP contribution in [0.15, 0.2) is 0 Å². The van der Waals surface area contributed by atoms with E-state index in [-0.39, 0.29) is 12.4 Å². The van der Waals surface area contributed by atoms with Crippen molar-refractivity contribution < 1.29 is 16.9 Å². The largest absolute Gasteiger partial charge is 1.00 e. The first-order chi connectivity index (χ1) is 5.08. The van der Waals surface area contributed by atoms with Crippen LogP contribution in [0.2, 0.25) is 0 Å². The Kier molecular flexibility index (Phi) is 5.19. The fraction of sp³-hybridized carbons (Fsp3) is 1.00. The first-order valence-electron chi connectivity index (χ1n) is 4.88. The van der Waals surface area contributed by atoms with E-state index in [1.165, 1.54) is 38.6 Å². The Labute approximate surface area is 83.1 Å². The van der Waals surface area contributed by atoms with Gasteiger partial charge in [0.25, 0.3) is 0 Å². The summed E-state index contributed by atoms with van der Waals surface area (Å²) in [6, 6.07) is 0. The molecule has 0 amide bonds. The smallest absolute Gasteiger partial charge is 0.0809 e. The Balaban J connectivity index is 0.00000121. The van der Waals surface area contributed by atoms with E-state index in [1.54, 1.807) is 0 Å². The van der Waals surface area contributed by atoms with Gasteiger partial charge < -0.3 is 16.9 Å². The maximum Gasteiger partial charge on any atom is 0.0809 e. The first-order valence-corrected chi connectivity index (χ1v) is 4.88. The normalized spacial score (nSPS) is 20.2. The van der Waals surface area contributed by atoms with E-state index < -0.39 is 0 Å². The van der Waals surface area contributed by atoms with Gasteiger partial charge in [0.1, 0.15) is 0 Å². The predicted molar refractivity (Wildman–Crippen MR) is 49.5 cm³/mol. The Bertz CT molecular complexity index is 111. The lowest BCUT2D eigenvalue weighted by molar-refractivity contribution is -0.874. The van der Waals surface area contributed by atoms with Crippen molar-refractivity contribution in [2.24, 2.45) is 5.92 Å². The van der Waals surface area contributed by atoms with Gasteiger partial charge in [-0.15, -0.1) is 0 Å². The zero-order valence-corrected chi connectivity index (χ0v) is 9.40. The van der Waals surface area contributed by atoms with Crippen LogP contribution in [0, 0.1) is 5.92 Å². The molecule has 1 rings (SSSR count). The van der Waals surface area contributed by atoms with E-state index in [4.69, 9.17) is 0 Å². The molecule has 74 valence electrons. The van der Waals surface area contributed by atoms with E-state index in [0.717, 1.165) is 10.4 Å². The highest BCUT2D eigenvalue weighted by Gasteiger charge is 2.19. The average Bonchev–Trinajstić information content (AvgIpc) is 1.85. The summed E-state index contributed by atoms with van der Waals surface area (Å²) in [7, 11) is 6.90. The van der Waals surface area contributed by atoms with Crippen molar-refractivity contribution in [3.05, 3.63) is 0 Å². The third-order valence-electron chi connectivity index (χ3n) is 2.53. The van der Waals surface area contributed by atoms with Crippen LogP contribution in [0.25, 0.3) is 0 Å². The van der Waals surface area contributed by atoms with Gasteiger partial charge in [0, 0.05) is 5.92 Å². The molecule has 0 aromatic rings. The van der Waals surface area contributed by atoms with E-state index >= 15 is 0 Å². The number of hydrogen-bond donors (Lipinski definition) is 0. The zero-order chi connectivity index (χ0) is 8.32. The average molecular weight is 192 g/mol. The van der Waals surface area contributed by atoms with Gasteiger partial charge in [-0.3, -0.25) is 0 Å². The summed E-state index contributed by atoms with van der Waals surface area (Å²) >= 11 is 0. The Hall–Kier alpha value is 0.250. The van der Waals surface area contributed by atoms with Crippen molar-refractivity contribution in [1.29, 1.82) is 0 Å². The summed E-state index contributed by atoms with van der Waals surface area (Å²) in [5, 5.41) is 0. The minimum absolute atomic E-state index is 0. The molecule has 1 fully saturated rings. The lowest BCUT2D eigenvalue weighted by Gasteiger charge is -2.31. The van der Waals surface area contributed by atoms with Crippen LogP contribution < -0.4 is 12.4 Å². The molecule has 1 aliphatic rings. The number of nitrogens with zero attached hydrogens (tertiary/aromatic N) is 1. The van der Waals surface area contributed by atoms with Gasteiger partial charge in [-0.2, -0.15) is 0 Å². The Morgan fingerprint density at radius 1 is 1.00 bits per heavy atom. The molecule has 0 atom stereocenters. The lowest BCUT2D eigenvalue weighted by Crippen LogP contribution is -3.00. The Morgan fingerprint density at radius 2 is 1.50 bits per heavy atom. The second kappa shape index (κ2) is 5.08. The maximum absolute atomic E-state index is 2.30. The number of halogens is 1. The van der Waals surface area contributed by atoms with Gasteiger partial charge in [-0.25, -0.2) is 0 Å². The van der Waals surface area contributed by atoms with Crippen LogP contribution >= 0.6 is 0 Å². The topological polar surface area (TPSA) is 0 Å². The van der Waals surface area contributed by atoms with Crippen LogP contribution in [0.5, 0.6) is 0 Å². The summed E-state index contributed by atoms with van der Waals surface area (Å²) in [5.41, 5.74) is 0. The minimum atomic E-state index is 0. The van der Waals surface area contributed by atoms with E-state index in [1.807, 2.05) is 0 Å². The SMILES string of the molecule is C[N+](C)(C)CC1CCCCC1.[Cl-]. The second-order valence-electron chi connectivity index (χ2n) is 4.98. The molecule has 2 heteroatoms. The molecule has 0 heterocycles. The Morgan fingerprint density at radius 3 is 1.92 bits per heavy atom. The molecule has 0 unspecified atom stereocenters. The summed E-state index contributed by atoms with van der Waals surface area (Å²) in [6.07, 6.45) is 7.40. The van der Waals surface area contributed by atoms with Gasteiger partial charge in [-0.05, 0) is 12.8 Å². The van der Waals surface area contributed by atoms with Gasteiger partial charge >= 0.3 is 0 Å². The highest BCUT2D eigenvalue weighted by molar-refractivity contribution is 4.64. The third-order valence-corrected chi connectivity index (χ3v) is 2.53. The van der Waals surface area contributed by atoms with E-state index in [0.29, 0.717) is 0 Å². The number of hydrogen-bond acceptors (Lipinski definition) is 0. The lowest BCUT2D eigenvalue weighted by atomic mass is 9.89. The summed E-state index contributed by atoms with van der Waals surface area (Å²) in [5.74, 6) is 1.02. The van der Waals surface area contributed by atoms with Crippen LogP contribution in [0.3, 0.4) is 0 Å². The summed E-state index contributed by atoms with van der Waals surface area (Å²) in [6.45, 7) is 1.38. The number of rotatable bonds is 2. The molecule has 12 heavy (non-hydrogen) atoms. The van der Waals surface area contributed by atoms with Gasteiger partial charge in [0.05, 0.1) is 27.7 Å². The van der Waals surface area contributed by atoms with Crippen molar-refractivity contribution in [2.75, 3.05) is 27.7 Å². The highest BCUT2D eigenvalue weighted by Crippen LogP contribution is 2.24. The molecule has 1 aliphatic carbocycles. The molecular formula is C10H22ClN. The van der Waals surface area contributed by atoms with Crippen molar-refractivity contribution in [3.63, 3.8) is 0 Å². The fourth-order valence-electron chi connectivity index (χ4n) is 2.14. The molecule has 0 saturated heterocycles. The predicted octanol–water partition coefficient (Wildman–Crippen LogP) is -0.723. The van der Waals surface area contributed by atoms with Crippen LogP contribution in [-0.4, -0.2) is 32.2 Å². The highest BCUT2D eigenvalue weighted by atomic mass is 35.5. The van der Waals surface area contributed by atoms with Crippen LogP contribution in [0.4, 0.5) is 0 Å². The molecule has 0 spiro atoms. The van der Waals surface area contributed by atoms with Gasteiger partial charge in [0.15, 0.2) is 0 Å². The van der Waals surface area contributed by atoms with Gasteiger partial charge in [-0.1, -0.05) is 19.3 Å². The first kappa shape index (κ1) is 12.2. The maximum atomic E-state index is 2.30. The van der Waals surface area contributed by atoms with Crippen molar-refractivity contribution in [2.45, 2.75) is 32.1 Å². The van der Waals surface area contributed by atoms with Crippen LogP contribution in [0.1, 0.15) is 32.1 Å². The second-order valence-corrected chi connectivity index (χ2v) is 4.98. The van der Waals surface area contributed by atoms with Gasteiger partial charge in [0.2, 0.25) is 0 Å². The summed E-state index contributed by atoms with van der Waals surface area (Å²) < 4.78 is 1.14.